The first-order valence-electron chi connectivity index (χ1n) is 7.70. The number of ether oxygens (including phenoxy) is 1. The Bertz CT molecular complexity index is 464. The quantitative estimate of drug-likeness (QED) is 0.825. The van der Waals surface area contributed by atoms with Crippen LogP contribution in [0.25, 0.3) is 0 Å². The van der Waals surface area contributed by atoms with Crippen LogP contribution in [0.4, 0.5) is 0 Å². The molecule has 0 aromatic heterocycles. The van der Waals surface area contributed by atoms with Crippen molar-refractivity contribution in [3.8, 4) is 5.75 Å². The van der Waals surface area contributed by atoms with Gasteiger partial charge in [0.15, 0.2) is 0 Å². The third-order valence-electron chi connectivity index (χ3n) is 4.34. The number of amides is 1. The van der Waals surface area contributed by atoms with Crippen LogP contribution in [-0.2, 0) is 4.79 Å². The van der Waals surface area contributed by atoms with Crippen molar-refractivity contribution >= 4 is 5.91 Å². The molecule has 20 heavy (non-hydrogen) atoms. The Hall–Kier alpha value is -1.51. The average Bonchev–Trinajstić information content (AvgIpc) is 3.20. The van der Waals surface area contributed by atoms with Crippen LogP contribution in [0, 0.1) is 18.8 Å². The zero-order valence-electron chi connectivity index (χ0n) is 12.2. The van der Waals surface area contributed by atoms with Crippen LogP contribution in [0.2, 0.25) is 0 Å². The molecule has 1 amide bonds. The molecule has 1 atom stereocenters. The Kier molecular flexibility index (Phi) is 3.95. The molecule has 1 heterocycles. The second-order valence-corrected chi connectivity index (χ2v) is 6.16. The predicted octanol–water partition coefficient (Wildman–Crippen LogP) is 3.02. The van der Waals surface area contributed by atoms with Crippen molar-refractivity contribution in [1.29, 1.82) is 0 Å². The molecule has 1 saturated carbocycles. The van der Waals surface area contributed by atoms with Gasteiger partial charge in [0.2, 0.25) is 5.91 Å². The number of carbonyl (C=O) groups excluding carboxylic acids is 1. The number of hydrogen-bond donors (Lipinski definition) is 0. The van der Waals surface area contributed by atoms with Gasteiger partial charge in [-0.1, -0.05) is 17.7 Å². The van der Waals surface area contributed by atoms with E-state index in [-0.39, 0.29) is 0 Å². The maximum atomic E-state index is 12.0. The fraction of sp³-hybridized carbons (Fsp3) is 0.588. The lowest BCUT2D eigenvalue weighted by molar-refractivity contribution is -0.131. The van der Waals surface area contributed by atoms with Gasteiger partial charge in [0.25, 0.3) is 0 Å². The van der Waals surface area contributed by atoms with Crippen LogP contribution < -0.4 is 4.74 Å². The van der Waals surface area contributed by atoms with Crippen molar-refractivity contribution in [2.75, 3.05) is 19.7 Å². The zero-order valence-corrected chi connectivity index (χ0v) is 12.2. The van der Waals surface area contributed by atoms with Crippen molar-refractivity contribution in [1.82, 2.24) is 4.90 Å². The zero-order chi connectivity index (χ0) is 13.9. The van der Waals surface area contributed by atoms with E-state index in [9.17, 15) is 4.79 Å². The second kappa shape index (κ2) is 5.86. The summed E-state index contributed by atoms with van der Waals surface area (Å²) in [6.45, 7) is 4.71. The molecule has 108 valence electrons. The van der Waals surface area contributed by atoms with Gasteiger partial charge in [-0.15, -0.1) is 0 Å². The number of rotatable bonds is 5. The van der Waals surface area contributed by atoms with E-state index in [1.54, 1.807) is 0 Å². The number of nitrogens with zero attached hydrogens (tertiary/aromatic N) is 1. The minimum absolute atomic E-state index is 0.359. The van der Waals surface area contributed by atoms with Gasteiger partial charge in [-0.3, -0.25) is 4.79 Å². The first kappa shape index (κ1) is 13.5. The van der Waals surface area contributed by atoms with E-state index in [0.717, 1.165) is 51.1 Å². The first-order chi connectivity index (χ1) is 9.72. The minimum atomic E-state index is 0.359. The maximum absolute atomic E-state index is 12.0. The van der Waals surface area contributed by atoms with E-state index in [1.807, 2.05) is 12.1 Å². The molecule has 1 aromatic rings. The minimum Gasteiger partial charge on any atom is -0.494 e. The third kappa shape index (κ3) is 3.33. The van der Waals surface area contributed by atoms with E-state index in [4.69, 9.17) is 4.74 Å². The van der Waals surface area contributed by atoms with Gasteiger partial charge >= 0.3 is 0 Å². The van der Waals surface area contributed by atoms with Crippen LogP contribution in [0.5, 0.6) is 5.75 Å². The number of benzene rings is 1. The van der Waals surface area contributed by atoms with Crippen molar-refractivity contribution in [3.05, 3.63) is 29.8 Å². The van der Waals surface area contributed by atoms with Gasteiger partial charge in [0.05, 0.1) is 6.61 Å². The van der Waals surface area contributed by atoms with Crippen LogP contribution >= 0.6 is 0 Å². The Labute approximate surface area is 120 Å². The van der Waals surface area contributed by atoms with Gasteiger partial charge in [0, 0.05) is 19.0 Å². The van der Waals surface area contributed by atoms with E-state index < -0.39 is 0 Å². The molecule has 3 nitrogen and oxygen atoms in total. The van der Waals surface area contributed by atoms with Gasteiger partial charge in [-0.2, -0.15) is 0 Å². The Morgan fingerprint density at radius 3 is 2.70 bits per heavy atom. The third-order valence-corrected chi connectivity index (χ3v) is 4.34. The normalized spacial score (nSPS) is 22.1. The highest BCUT2D eigenvalue weighted by molar-refractivity contribution is 5.81. The van der Waals surface area contributed by atoms with Crippen LogP contribution in [0.15, 0.2) is 24.3 Å². The SMILES string of the molecule is Cc1ccc(OCCC2CCN(C(=O)C3CC3)C2)cc1. The molecule has 2 aliphatic rings. The summed E-state index contributed by atoms with van der Waals surface area (Å²) in [5.41, 5.74) is 1.25. The maximum Gasteiger partial charge on any atom is 0.225 e. The van der Waals surface area contributed by atoms with E-state index in [2.05, 4.69) is 24.0 Å². The molecule has 3 rings (SSSR count). The first-order valence-corrected chi connectivity index (χ1v) is 7.70. The average molecular weight is 273 g/mol. The number of carbonyl (C=O) groups is 1. The summed E-state index contributed by atoms with van der Waals surface area (Å²) in [6.07, 6.45) is 4.39. The van der Waals surface area contributed by atoms with E-state index in [1.165, 1.54) is 5.56 Å². The largest absolute Gasteiger partial charge is 0.494 e. The molecule has 1 unspecified atom stereocenters. The Morgan fingerprint density at radius 2 is 2.00 bits per heavy atom. The molecule has 1 saturated heterocycles. The van der Waals surface area contributed by atoms with Crippen molar-refractivity contribution in [3.63, 3.8) is 0 Å². The lowest BCUT2D eigenvalue weighted by Crippen LogP contribution is -2.30. The summed E-state index contributed by atoms with van der Waals surface area (Å²) in [5.74, 6) is 2.31. The van der Waals surface area contributed by atoms with Crippen molar-refractivity contribution in [2.24, 2.45) is 11.8 Å². The smallest absolute Gasteiger partial charge is 0.225 e. The molecule has 3 heteroatoms. The highest BCUT2D eigenvalue weighted by Gasteiger charge is 2.36. The summed E-state index contributed by atoms with van der Waals surface area (Å²) >= 11 is 0. The van der Waals surface area contributed by atoms with Gasteiger partial charge in [-0.05, 0) is 50.7 Å². The summed E-state index contributed by atoms with van der Waals surface area (Å²) in [6, 6.07) is 8.18. The second-order valence-electron chi connectivity index (χ2n) is 6.16. The number of likely N-dealkylation sites (tertiary alicyclic amines) is 1. The summed E-state index contributed by atoms with van der Waals surface area (Å²) in [7, 11) is 0. The molecule has 1 aromatic carbocycles. The fourth-order valence-electron chi connectivity index (χ4n) is 2.83. The predicted molar refractivity (Wildman–Crippen MR) is 78.7 cm³/mol. The number of aryl methyl sites for hydroxylation is 1. The van der Waals surface area contributed by atoms with Crippen LogP contribution in [0.3, 0.4) is 0 Å². The Balaban J connectivity index is 1.39. The molecule has 2 fully saturated rings. The van der Waals surface area contributed by atoms with Crippen molar-refractivity contribution < 1.29 is 9.53 Å². The molecule has 1 aliphatic carbocycles. The van der Waals surface area contributed by atoms with E-state index >= 15 is 0 Å². The topological polar surface area (TPSA) is 29.5 Å². The lowest BCUT2D eigenvalue weighted by Gasteiger charge is -2.16. The monoisotopic (exact) mass is 273 g/mol. The molecule has 0 radical (unpaired) electrons. The molecule has 0 spiro atoms. The number of hydrogen-bond acceptors (Lipinski definition) is 2. The molecule has 0 bridgehead atoms. The highest BCUT2D eigenvalue weighted by atomic mass is 16.5. The summed E-state index contributed by atoms with van der Waals surface area (Å²) < 4.78 is 5.77. The molecular formula is C17H23NO2. The van der Waals surface area contributed by atoms with Gasteiger partial charge < -0.3 is 9.64 Å². The molecule has 1 aliphatic heterocycles. The fourth-order valence-corrected chi connectivity index (χ4v) is 2.83. The standard InChI is InChI=1S/C17H23NO2/c1-13-2-6-16(7-3-13)20-11-9-14-8-10-18(12-14)17(19)15-4-5-15/h2-3,6-7,14-15H,4-5,8-12H2,1H3. The van der Waals surface area contributed by atoms with Crippen LogP contribution in [0.1, 0.15) is 31.2 Å². The summed E-state index contributed by atoms with van der Waals surface area (Å²) in [4.78, 5) is 14.0. The molecular weight excluding hydrogens is 250 g/mol. The lowest BCUT2D eigenvalue weighted by atomic mass is 10.1. The highest BCUT2D eigenvalue weighted by Crippen LogP contribution is 2.33. The Morgan fingerprint density at radius 1 is 1.25 bits per heavy atom. The summed E-state index contributed by atoms with van der Waals surface area (Å²) in [5, 5.41) is 0. The van der Waals surface area contributed by atoms with Crippen LogP contribution in [-0.4, -0.2) is 30.5 Å². The van der Waals surface area contributed by atoms with Gasteiger partial charge in [0.1, 0.15) is 5.75 Å². The van der Waals surface area contributed by atoms with Crippen molar-refractivity contribution in [2.45, 2.75) is 32.6 Å². The van der Waals surface area contributed by atoms with Gasteiger partial charge in [-0.25, -0.2) is 0 Å². The molecule has 0 N–H and O–H groups in total. The van der Waals surface area contributed by atoms with E-state index in [0.29, 0.717) is 17.7 Å².